The number of fused-ring (bicyclic) bond motifs is 3. The number of carbonyl (C=O) groups is 3. The topological polar surface area (TPSA) is 105 Å². The van der Waals surface area contributed by atoms with Gasteiger partial charge in [-0.3, -0.25) is 9.59 Å². The second kappa shape index (κ2) is 9.85. The maximum absolute atomic E-state index is 12.6. The Balaban J connectivity index is 1.62. The van der Waals surface area contributed by atoms with Crippen molar-refractivity contribution in [2.24, 2.45) is 5.41 Å². The molecule has 3 rings (SSSR count). The number of ether oxygens (including phenoxy) is 1. The van der Waals surface area contributed by atoms with Gasteiger partial charge in [-0.1, -0.05) is 69.3 Å². The Hall–Kier alpha value is -3.35. The molecule has 0 heterocycles. The Morgan fingerprint density at radius 1 is 1.00 bits per heavy atom. The standard InChI is InChI=1S/C25H30N2O5/c1-25(2,3)22(23(30)26-14-8-13-21(28)29)27-24(31)32-15-20-18-11-6-4-9-16(18)17-10-5-7-12-19(17)20/h4-7,9-12,20,22H,8,13-15H2,1-3H3,(H,26,30)(H,27,31)(H,28,29)/t22-/m0/s1. The maximum atomic E-state index is 12.6. The number of alkyl carbamates (subject to hydrolysis) is 1. The van der Waals surface area contributed by atoms with Crippen molar-refractivity contribution in [3.8, 4) is 11.1 Å². The normalized spacial score (nSPS) is 13.6. The van der Waals surface area contributed by atoms with Crippen LogP contribution in [-0.4, -0.2) is 42.3 Å². The molecule has 0 aromatic heterocycles. The first-order chi connectivity index (χ1) is 15.2. The molecular weight excluding hydrogens is 408 g/mol. The molecule has 2 aromatic rings. The van der Waals surface area contributed by atoms with Gasteiger partial charge in [-0.2, -0.15) is 0 Å². The molecule has 0 saturated heterocycles. The minimum Gasteiger partial charge on any atom is -0.481 e. The van der Waals surface area contributed by atoms with Gasteiger partial charge in [0.15, 0.2) is 0 Å². The largest absolute Gasteiger partial charge is 0.481 e. The van der Waals surface area contributed by atoms with E-state index in [2.05, 4.69) is 22.8 Å². The summed E-state index contributed by atoms with van der Waals surface area (Å²) in [6, 6.07) is 15.3. The third-order valence-corrected chi connectivity index (χ3v) is 5.60. The van der Waals surface area contributed by atoms with Crippen LogP contribution in [0.4, 0.5) is 4.79 Å². The number of amides is 2. The van der Waals surface area contributed by atoms with Crippen molar-refractivity contribution in [3.63, 3.8) is 0 Å². The van der Waals surface area contributed by atoms with E-state index in [-0.39, 0.29) is 31.4 Å². The van der Waals surface area contributed by atoms with Crippen LogP contribution in [0.15, 0.2) is 48.5 Å². The summed E-state index contributed by atoms with van der Waals surface area (Å²) in [5, 5.41) is 14.1. The van der Waals surface area contributed by atoms with Crippen molar-refractivity contribution >= 4 is 18.0 Å². The lowest BCUT2D eigenvalue weighted by Gasteiger charge is -2.30. The van der Waals surface area contributed by atoms with Gasteiger partial charge >= 0.3 is 12.1 Å². The Morgan fingerprint density at radius 2 is 1.56 bits per heavy atom. The zero-order chi connectivity index (χ0) is 23.3. The zero-order valence-electron chi connectivity index (χ0n) is 18.7. The van der Waals surface area contributed by atoms with Crippen LogP contribution in [0, 0.1) is 5.41 Å². The predicted octanol–water partition coefficient (Wildman–Crippen LogP) is 3.92. The number of carboxylic acids is 1. The summed E-state index contributed by atoms with van der Waals surface area (Å²) in [5.41, 5.74) is 3.97. The summed E-state index contributed by atoms with van der Waals surface area (Å²) in [7, 11) is 0. The van der Waals surface area contributed by atoms with E-state index in [1.165, 1.54) is 0 Å². The van der Waals surface area contributed by atoms with Gasteiger partial charge in [0.05, 0.1) is 0 Å². The molecule has 0 radical (unpaired) electrons. The van der Waals surface area contributed by atoms with Crippen molar-refractivity contribution in [2.45, 2.75) is 45.6 Å². The third-order valence-electron chi connectivity index (χ3n) is 5.60. The van der Waals surface area contributed by atoms with Crippen LogP contribution in [0.5, 0.6) is 0 Å². The van der Waals surface area contributed by atoms with Crippen LogP contribution >= 0.6 is 0 Å². The van der Waals surface area contributed by atoms with Gasteiger partial charge in [-0.15, -0.1) is 0 Å². The number of hydrogen-bond acceptors (Lipinski definition) is 4. The van der Waals surface area contributed by atoms with E-state index in [0.29, 0.717) is 6.42 Å². The fourth-order valence-corrected chi connectivity index (χ4v) is 3.99. The molecule has 0 fully saturated rings. The Kier molecular flexibility index (Phi) is 7.18. The van der Waals surface area contributed by atoms with E-state index in [1.807, 2.05) is 57.2 Å². The molecule has 0 unspecified atom stereocenters. The van der Waals surface area contributed by atoms with Crippen LogP contribution < -0.4 is 10.6 Å². The van der Waals surface area contributed by atoms with Crippen molar-refractivity contribution in [2.75, 3.05) is 13.2 Å². The Morgan fingerprint density at radius 3 is 2.09 bits per heavy atom. The first kappa shape index (κ1) is 23.3. The number of nitrogens with one attached hydrogen (secondary N) is 2. The minimum absolute atomic E-state index is 0.0275. The van der Waals surface area contributed by atoms with Crippen molar-refractivity contribution in [1.82, 2.24) is 10.6 Å². The monoisotopic (exact) mass is 438 g/mol. The summed E-state index contributed by atoms with van der Waals surface area (Å²) in [6.45, 7) is 5.93. The summed E-state index contributed by atoms with van der Waals surface area (Å²) in [5.74, 6) is -1.34. The molecule has 0 saturated carbocycles. The lowest BCUT2D eigenvalue weighted by molar-refractivity contribution is -0.137. The number of carbonyl (C=O) groups excluding carboxylic acids is 2. The SMILES string of the molecule is CC(C)(C)[C@@H](NC(=O)OCC1c2ccccc2-c2ccccc21)C(=O)NCCCC(=O)O. The van der Waals surface area contributed by atoms with E-state index >= 15 is 0 Å². The molecule has 3 N–H and O–H groups in total. The average Bonchev–Trinajstić information content (AvgIpc) is 3.06. The van der Waals surface area contributed by atoms with E-state index in [0.717, 1.165) is 22.3 Å². The smallest absolute Gasteiger partial charge is 0.407 e. The van der Waals surface area contributed by atoms with E-state index in [4.69, 9.17) is 9.84 Å². The number of carboxylic acid groups (broad SMARTS) is 1. The molecule has 7 heteroatoms. The highest BCUT2D eigenvalue weighted by atomic mass is 16.5. The highest BCUT2D eigenvalue weighted by Gasteiger charge is 2.34. The number of hydrogen-bond donors (Lipinski definition) is 3. The summed E-state index contributed by atoms with van der Waals surface area (Å²) < 4.78 is 5.56. The minimum atomic E-state index is -0.914. The molecule has 0 bridgehead atoms. The molecule has 1 aliphatic rings. The molecule has 2 aromatic carbocycles. The van der Waals surface area contributed by atoms with Crippen LogP contribution in [0.2, 0.25) is 0 Å². The molecule has 1 aliphatic carbocycles. The summed E-state index contributed by atoms with van der Waals surface area (Å²) >= 11 is 0. The number of aliphatic carboxylic acids is 1. The van der Waals surface area contributed by atoms with Gasteiger partial charge < -0.3 is 20.5 Å². The maximum Gasteiger partial charge on any atom is 0.407 e. The van der Waals surface area contributed by atoms with E-state index < -0.39 is 23.5 Å². The number of benzene rings is 2. The first-order valence-electron chi connectivity index (χ1n) is 10.8. The lowest BCUT2D eigenvalue weighted by atomic mass is 9.86. The molecule has 0 spiro atoms. The van der Waals surface area contributed by atoms with Crippen molar-refractivity contribution in [1.29, 1.82) is 0 Å². The summed E-state index contributed by atoms with van der Waals surface area (Å²) in [4.78, 5) is 35.9. The van der Waals surface area contributed by atoms with Gasteiger partial charge in [-0.25, -0.2) is 4.79 Å². The molecule has 7 nitrogen and oxygen atoms in total. The van der Waals surface area contributed by atoms with Crippen molar-refractivity contribution in [3.05, 3.63) is 59.7 Å². The van der Waals surface area contributed by atoms with Gasteiger partial charge in [0.2, 0.25) is 5.91 Å². The summed E-state index contributed by atoms with van der Waals surface area (Å²) in [6.07, 6.45) is -0.365. The first-order valence-corrected chi connectivity index (χ1v) is 10.8. The lowest BCUT2D eigenvalue weighted by Crippen LogP contribution is -2.54. The van der Waals surface area contributed by atoms with Gasteiger partial charge in [0, 0.05) is 18.9 Å². The zero-order valence-corrected chi connectivity index (χ0v) is 18.7. The fraction of sp³-hybridized carbons (Fsp3) is 0.400. The van der Waals surface area contributed by atoms with Crippen LogP contribution in [0.1, 0.15) is 50.7 Å². The highest BCUT2D eigenvalue weighted by Crippen LogP contribution is 2.44. The average molecular weight is 439 g/mol. The van der Waals surface area contributed by atoms with Crippen LogP contribution in [0.3, 0.4) is 0 Å². The fourth-order valence-electron chi connectivity index (χ4n) is 3.99. The molecule has 32 heavy (non-hydrogen) atoms. The second-order valence-corrected chi connectivity index (χ2v) is 9.06. The van der Waals surface area contributed by atoms with E-state index in [9.17, 15) is 14.4 Å². The Bertz CT molecular complexity index is 950. The second-order valence-electron chi connectivity index (χ2n) is 9.06. The molecule has 2 amide bonds. The van der Waals surface area contributed by atoms with Crippen LogP contribution in [0.25, 0.3) is 11.1 Å². The molecular formula is C25H30N2O5. The van der Waals surface area contributed by atoms with E-state index in [1.54, 1.807) is 0 Å². The number of rotatable bonds is 8. The molecule has 170 valence electrons. The quantitative estimate of drug-likeness (QED) is 0.542. The Labute approximate surface area is 188 Å². The molecule has 0 aliphatic heterocycles. The van der Waals surface area contributed by atoms with Gasteiger partial charge in [0.1, 0.15) is 12.6 Å². The molecule has 1 atom stereocenters. The van der Waals surface area contributed by atoms with Gasteiger partial charge in [0.25, 0.3) is 0 Å². The van der Waals surface area contributed by atoms with Crippen LogP contribution in [-0.2, 0) is 14.3 Å². The van der Waals surface area contributed by atoms with Gasteiger partial charge in [-0.05, 0) is 34.1 Å². The third kappa shape index (κ3) is 5.46. The predicted molar refractivity (Wildman–Crippen MR) is 121 cm³/mol. The highest BCUT2D eigenvalue weighted by molar-refractivity contribution is 5.86. The van der Waals surface area contributed by atoms with Crippen molar-refractivity contribution < 1.29 is 24.2 Å².